The van der Waals surface area contributed by atoms with Gasteiger partial charge in [0, 0.05) is 24.1 Å². The van der Waals surface area contributed by atoms with Crippen molar-refractivity contribution < 1.29 is 9.59 Å². The van der Waals surface area contributed by atoms with Crippen LogP contribution in [0.25, 0.3) is 31.6 Å². The summed E-state index contributed by atoms with van der Waals surface area (Å²) < 4.78 is 1.10. The van der Waals surface area contributed by atoms with E-state index in [1.165, 1.54) is 0 Å². The summed E-state index contributed by atoms with van der Waals surface area (Å²) in [7, 11) is 0. The van der Waals surface area contributed by atoms with E-state index in [2.05, 4.69) is 10.6 Å². The maximum atomic E-state index is 12.6. The number of hydrogen-bond donors (Lipinski definition) is 2. The van der Waals surface area contributed by atoms with E-state index in [-0.39, 0.29) is 24.8 Å². The predicted molar refractivity (Wildman–Crippen MR) is 135 cm³/mol. The molecule has 2 N–H and O–H groups in total. The summed E-state index contributed by atoms with van der Waals surface area (Å²) in [6, 6.07) is 29.1. The fourth-order valence-electron chi connectivity index (χ4n) is 3.70. The van der Waals surface area contributed by atoms with Gasteiger partial charge in [-0.1, -0.05) is 54.6 Å². The van der Waals surface area contributed by atoms with Crippen molar-refractivity contribution in [3.8, 4) is 10.6 Å². The Hall–Kier alpha value is -4.03. The van der Waals surface area contributed by atoms with E-state index >= 15 is 0 Å². The lowest BCUT2D eigenvalue weighted by atomic mass is 10.1. The van der Waals surface area contributed by atoms with E-state index in [0.29, 0.717) is 11.3 Å². The second-order valence-electron chi connectivity index (χ2n) is 7.65. The molecule has 0 unspecified atom stereocenters. The largest absolute Gasteiger partial charge is 0.352 e. The first-order valence-corrected chi connectivity index (χ1v) is 11.5. The molecule has 33 heavy (non-hydrogen) atoms. The summed E-state index contributed by atoms with van der Waals surface area (Å²) in [4.78, 5) is 29.8. The summed E-state index contributed by atoms with van der Waals surface area (Å²) in [6.07, 6.45) is 0.174. The van der Waals surface area contributed by atoms with E-state index < -0.39 is 0 Å². The molecule has 5 aromatic rings. The fraction of sp³-hybridized carbons (Fsp3) is 0.0741. The van der Waals surface area contributed by atoms with Crippen molar-refractivity contribution in [2.45, 2.75) is 6.42 Å². The molecular formula is C27H21N3O2S. The van der Waals surface area contributed by atoms with Gasteiger partial charge in [-0.2, -0.15) is 0 Å². The van der Waals surface area contributed by atoms with E-state index in [1.54, 1.807) is 17.4 Å². The van der Waals surface area contributed by atoms with Crippen LogP contribution in [0.1, 0.15) is 16.8 Å². The lowest BCUT2D eigenvalue weighted by molar-refractivity contribution is -0.116. The van der Waals surface area contributed by atoms with Crippen molar-refractivity contribution in [2.24, 2.45) is 0 Å². The first kappa shape index (κ1) is 20.8. The van der Waals surface area contributed by atoms with E-state index in [4.69, 9.17) is 4.98 Å². The molecule has 6 heteroatoms. The van der Waals surface area contributed by atoms with Gasteiger partial charge >= 0.3 is 0 Å². The van der Waals surface area contributed by atoms with Crippen molar-refractivity contribution in [1.82, 2.24) is 10.3 Å². The van der Waals surface area contributed by atoms with E-state index in [1.807, 2.05) is 84.9 Å². The third-order valence-electron chi connectivity index (χ3n) is 5.37. The van der Waals surface area contributed by atoms with Crippen molar-refractivity contribution in [1.29, 1.82) is 0 Å². The molecule has 0 radical (unpaired) electrons. The van der Waals surface area contributed by atoms with Crippen LogP contribution in [0.4, 0.5) is 5.69 Å². The number of aromatic nitrogens is 1. The third-order valence-corrected chi connectivity index (χ3v) is 6.44. The highest BCUT2D eigenvalue weighted by Gasteiger charge is 2.13. The molecule has 0 atom stereocenters. The van der Waals surface area contributed by atoms with Gasteiger partial charge in [-0.25, -0.2) is 4.98 Å². The number of benzene rings is 4. The van der Waals surface area contributed by atoms with Crippen molar-refractivity contribution >= 4 is 49.8 Å². The van der Waals surface area contributed by atoms with Crippen LogP contribution in [0.3, 0.4) is 0 Å². The number of carbonyl (C=O) groups is 2. The quantitative estimate of drug-likeness (QED) is 0.339. The van der Waals surface area contributed by atoms with Gasteiger partial charge in [-0.05, 0) is 47.2 Å². The molecular weight excluding hydrogens is 430 g/mol. The van der Waals surface area contributed by atoms with Gasteiger partial charge in [0.1, 0.15) is 5.01 Å². The number of amides is 2. The van der Waals surface area contributed by atoms with Crippen LogP contribution >= 0.6 is 11.3 Å². The summed E-state index contributed by atoms with van der Waals surface area (Å²) >= 11 is 1.59. The van der Waals surface area contributed by atoms with Crippen LogP contribution in [-0.2, 0) is 4.79 Å². The monoisotopic (exact) mass is 451 g/mol. The molecule has 1 aromatic heterocycles. The zero-order valence-electron chi connectivity index (χ0n) is 17.7. The van der Waals surface area contributed by atoms with Crippen molar-refractivity contribution in [2.75, 3.05) is 11.9 Å². The molecule has 162 valence electrons. The van der Waals surface area contributed by atoms with E-state index in [0.717, 1.165) is 31.6 Å². The topological polar surface area (TPSA) is 71.1 Å². The minimum absolute atomic E-state index is 0.164. The van der Waals surface area contributed by atoms with Crippen LogP contribution in [0.5, 0.6) is 0 Å². The SMILES string of the molecule is O=C(CCNC(=O)c1ccc2ccccc2c1)Nc1ccccc1-c1nc2ccccc2s1. The highest BCUT2D eigenvalue weighted by Crippen LogP contribution is 2.34. The smallest absolute Gasteiger partial charge is 0.251 e. The minimum atomic E-state index is -0.191. The number of hydrogen-bond acceptors (Lipinski definition) is 4. The van der Waals surface area contributed by atoms with Gasteiger partial charge in [-0.15, -0.1) is 11.3 Å². The van der Waals surface area contributed by atoms with Crippen molar-refractivity contribution in [3.63, 3.8) is 0 Å². The van der Waals surface area contributed by atoms with Crippen molar-refractivity contribution in [3.05, 3.63) is 96.6 Å². The second-order valence-corrected chi connectivity index (χ2v) is 8.68. The molecule has 0 aliphatic carbocycles. The van der Waals surface area contributed by atoms with Gasteiger partial charge in [0.05, 0.1) is 15.9 Å². The standard InChI is InChI=1S/C27H21N3O2S/c31-25(15-16-28-26(32)20-14-13-18-7-1-2-8-19(18)17-20)29-22-10-4-3-9-21(22)27-30-23-11-5-6-12-24(23)33-27/h1-14,17H,15-16H2,(H,28,32)(H,29,31). The normalized spacial score (nSPS) is 10.9. The molecule has 5 nitrogen and oxygen atoms in total. The molecule has 0 saturated carbocycles. The van der Waals surface area contributed by atoms with Gasteiger partial charge in [0.2, 0.25) is 5.91 Å². The molecule has 0 bridgehead atoms. The first-order valence-electron chi connectivity index (χ1n) is 10.7. The Kier molecular flexibility index (Phi) is 5.83. The number of anilines is 1. The van der Waals surface area contributed by atoms with Gasteiger partial charge < -0.3 is 10.6 Å². The molecule has 2 amide bonds. The summed E-state index contributed by atoms with van der Waals surface area (Å²) in [5, 5.41) is 8.75. The molecule has 0 saturated heterocycles. The molecule has 1 heterocycles. The number of thiazole rings is 1. The number of para-hydroxylation sites is 2. The minimum Gasteiger partial charge on any atom is -0.352 e. The summed E-state index contributed by atoms with van der Waals surface area (Å²) in [6.45, 7) is 0.251. The summed E-state index contributed by atoms with van der Waals surface area (Å²) in [5.41, 5.74) is 3.11. The predicted octanol–water partition coefficient (Wildman–Crippen LogP) is 5.88. The number of nitrogens with zero attached hydrogens (tertiary/aromatic N) is 1. The number of fused-ring (bicyclic) bond motifs is 2. The molecule has 0 spiro atoms. The van der Waals surface area contributed by atoms with Gasteiger partial charge in [-0.3, -0.25) is 9.59 Å². The molecule has 0 aliphatic heterocycles. The van der Waals surface area contributed by atoms with Gasteiger partial charge in [0.25, 0.3) is 5.91 Å². The highest BCUT2D eigenvalue weighted by molar-refractivity contribution is 7.21. The molecule has 0 fully saturated rings. The lowest BCUT2D eigenvalue weighted by Gasteiger charge is -2.10. The maximum Gasteiger partial charge on any atom is 0.251 e. The van der Waals surface area contributed by atoms with Crippen LogP contribution in [0.2, 0.25) is 0 Å². The molecule has 4 aromatic carbocycles. The Balaban J connectivity index is 1.22. The highest BCUT2D eigenvalue weighted by atomic mass is 32.1. The van der Waals surface area contributed by atoms with Crippen LogP contribution < -0.4 is 10.6 Å². The Morgan fingerprint density at radius 2 is 1.58 bits per heavy atom. The zero-order chi connectivity index (χ0) is 22.6. The number of nitrogens with one attached hydrogen (secondary N) is 2. The molecule has 0 aliphatic rings. The Bertz CT molecular complexity index is 1440. The maximum absolute atomic E-state index is 12.6. The summed E-state index contributed by atoms with van der Waals surface area (Å²) in [5.74, 6) is -0.356. The Morgan fingerprint density at radius 1 is 0.818 bits per heavy atom. The average molecular weight is 452 g/mol. The van der Waals surface area contributed by atoms with Crippen LogP contribution in [-0.4, -0.2) is 23.3 Å². The number of carbonyl (C=O) groups excluding carboxylic acids is 2. The zero-order valence-corrected chi connectivity index (χ0v) is 18.6. The lowest BCUT2D eigenvalue weighted by Crippen LogP contribution is -2.27. The van der Waals surface area contributed by atoms with Crippen LogP contribution in [0, 0.1) is 0 Å². The molecule has 5 rings (SSSR count). The fourth-order valence-corrected chi connectivity index (χ4v) is 4.71. The first-order chi connectivity index (χ1) is 16.2. The number of rotatable bonds is 6. The van der Waals surface area contributed by atoms with Crippen LogP contribution in [0.15, 0.2) is 91.0 Å². The average Bonchev–Trinajstić information content (AvgIpc) is 3.28. The van der Waals surface area contributed by atoms with Gasteiger partial charge in [0.15, 0.2) is 0 Å². The Morgan fingerprint density at radius 3 is 2.45 bits per heavy atom. The third kappa shape index (κ3) is 4.61. The second kappa shape index (κ2) is 9.22. The van der Waals surface area contributed by atoms with E-state index in [9.17, 15) is 9.59 Å². The Labute approximate surface area is 195 Å².